The molecule has 2 fully saturated rings. The van der Waals surface area contributed by atoms with Crippen LogP contribution in [0.2, 0.25) is 0 Å². The number of amides is 1. The lowest BCUT2D eigenvalue weighted by Gasteiger charge is -2.22. The van der Waals surface area contributed by atoms with Gasteiger partial charge >= 0.3 is 0 Å². The van der Waals surface area contributed by atoms with Crippen molar-refractivity contribution in [2.75, 3.05) is 19.6 Å². The Labute approximate surface area is 147 Å². The SMILES string of the molecule is Cc1nc([C@@H]2CCCN2Cc2ccc(C(=O)N3CCCC3)cc2)no1. The lowest BCUT2D eigenvalue weighted by molar-refractivity contribution is 0.0793. The number of hydrogen-bond acceptors (Lipinski definition) is 5. The lowest BCUT2D eigenvalue weighted by atomic mass is 10.1. The summed E-state index contributed by atoms with van der Waals surface area (Å²) in [5.41, 5.74) is 2.00. The van der Waals surface area contributed by atoms with Gasteiger partial charge in [0.1, 0.15) is 0 Å². The van der Waals surface area contributed by atoms with Crippen molar-refractivity contribution >= 4 is 5.91 Å². The molecular formula is C19H24N4O2. The summed E-state index contributed by atoms with van der Waals surface area (Å²) in [6, 6.07) is 8.28. The molecule has 2 aromatic rings. The summed E-state index contributed by atoms with van der Waals surface area (Å²) in [6.07, 6.45) is 4.44. The molecule has 25 heavy (non-hydrogen) atoms. The maximum Gasteiger partial charge on any atom is 0.253 e. The topological polar surface area (TPSA) is 62.5 Å². The number of carbonyl (C=O) groups is 1. The van der Waals surface area contributed by atoms with E-state index in [1.165, 1.54) is 5.56 Å². The van der Waals surface area contributed by atoms with Crippen LogP contribution in [0.3, 0.4) is 0 Å². The lowest BCUT2D eigenvalue weighted by Crippen LogP contribution is -2.27. The average Bonchev–Trinajstić information content (AvgIpc) is 3.36. The van der Waals surface area contributed by atoms with Crippen LogP contribution < -0.4 is 0 Å². The molecule has 2 aliphatic rings. The highest BCUT2D eigenvalue weighted by molar-refractivity contribution is 5.94. The van der Waals surface area contributed by atoms with E-state index in [1.54, 1.807) is 0 Å². The Hall–Kier alpha value is -2.21. The molecule has 0 saturated carbocycles. The molecule has 1 atom stereocenters. The highest BCUT2D eigenvalue weighted by atomic mass is 16.5. The molecule has 0 radical (unpaired) electrons. The molecule has 1 amide bonds. The third-order valence-electron chi connectivity index (χ3n) is 5.18. The summed E-state index contributed by atoms with van der Waals surface area (Å²) in [5.74, 6) is 1.56. The number of aryl methyl sites for hydroxylation is 1. The van der Waals surface area contributed by atoms with Crippen LogP contribution in [0.15, 0.2) is 28.8 Å². The van der Waals surface area contributed by atoms with Crippen molar-refractivity contribution in [3.8, 4) is 0 Å². The van der Waals surface area contributed by atoms with Gasteiger partial charge in [0, 0.05) is 32.1 Å². The second-order valence-electron chi connectivity index (χ2n) is 7.00. The fourth-order valence-electron chi connectivity index (χ4n) is 3.85. The zero-order valence-corrected chi connectivity index (χ0v) is 14.6. The Bertz CT molecular complexity index is 734. The van der Waals surface area contributed by atoms with Crippen LogP contribution in [-0.2, 0) is 6.54 Å². The summed E-state index contributed by atoms with van der Waals surface area (Å²) in [6.45, 7) is 5.48. The van der Waals surface area contributed by atoms with Gasteiger partial charge < -0.3 is 9.42 Å². The Kier molecular flexibility index (Phi) is 4.53. The third-order valence-corrected chi connectivity index (χ3v) is 5.18. The molecule has 2 saturated heterocycles. The van der Waals surface area contributed by atoms with Gasteiger partial charge in [-0.15, -0.1) is 0 Å². The van der Waals surface area contributed by atoms with Crippen LogP contribution in [0.5, 0.6) is 0 Å². The van der Waals surface area contributed by atoms with E-state index in [4.69, 9.17) is 4.52 Å². The number of nitrogens with zero attached hydrogens (tertiary/aromatic N) is 4. The Morgan fingerprint density at radius 1 is 1.16 bits per heavy atom. The van der Waals surface area contributed by atoms with Gasteiger partial charge in [-0.3, -0.25) is 9.69 Å². The van der Waals surface area contributed by atoms with Crippen molar-refractivity contribution in [3.63, 3.8) is 0 Å². The Morgan fingerprint density at radius 2 is 1.92 bits per heavy atom. The van der Waals surface area contributed by atoms with Crippen LogP contribution in [0, 0.1) is 6.92 Å². The average molecular weight is 340 g/mol. The van der Waals surface area contributed by atoms with Crippen LogP contribution in [0.25, 0.3) is 0 Å². The Balaban J connectivity index is 1.43. The minimum atomic E-state index is 0.158. The van der Waals surface area contributed by atoms with E-state index in [0.717, 1.165) is 63.3 Å². The number of hydrogen-bond donors (Lipinski definition) is 0. The first kappa shape index (κ1) is 16.3. The van der Waals surface area contributed by atoms with Gasteiger partial charge in [-0.2, -0.15) is 4.98 Å². The molecule has 0 aliphatic carbocycles. The first-order valence-electron chi connectivity index (χ1n) is 9.13. The predicted molar refractivity (Wildman–Crippen MR) is 93.0 cm³/mol. The molecule has 0 unspecified atom stereocenters. The van der Waals surface area contributed by atoms with E-state index in [9.17, 15) is 4.79 Å². The van der Waals surface area contributed by atoms with Gasteiger partial charge in [-0.05, 0) is 49.9 Å². The van der Waals surface area contributed by atoms with Crippen LogP contribution >= 0.6 is 0 Å². The van der Waals surface area contributed by atoms with Gasteiger partial charge in [-0.1, -0.05) is 17.3 Å². The third kappa shape index (κ3) is 3.44. The molecular weight excluding hydrogens is 316 g/mol. The van der Waals surface area contributed by atoms with Crippen molar-refractivity contribution in [1.82, 2.24) is 19.9 Å². The van der Waals surface area contributed by atoms with Crippen molar-refractivity contribution in [2.45, 2.75) is 45.2 Å². The minimum Gasteiger partial charge on any atom is -0.340 e. The van der Waals surface area contributed by atoms with Gasteiger partial charge in [0.15, 0.2) is 5.82 Å². The molecule has 0 N–H and O–H groups in total. The Morgan fingerprint density at radius 3 is 2.60 bits per heavy atom. The zero-order chi connectivity index (χ0) is 17.2. The van der Waals surface area contributed by atoms with Gasteiger partial charge in [0.25, 0.3) is 5.91 Å². The van der Waals surface area contributed by atoms with Crippen LogP contribution in [0.1, 0.15) is 59.4 Å². The second kappa shape index (κ2) is 6.96. The predicted octanol–water partition coefficient (Wildman–Crippen LogP) is 2.95. The molecule has 0 spiro atoms. The number of aromatic nitrogens is 2. The molecule has 6 nitrogen and oxygen atoms in total. The molecule has 0 bridgehead atoms. The summed E-state index contributed by atoms with van der Waals surface area (Å²) in [5, 5.41) is 4.09. The molecule has 6 heteroatoms. The second-order valence-corrected chi connectivity index (χ2v) is 7.00. The zero-order valence-electron chi connectivity index (χ0n) is 14.6. The molecule has 4 rings (SSSR count). The fourth-order valence-corrected chi connectivity index (χ4v) is 3.85. The minimum absolute atomic E-state index is 0.158. The summed E-state index contributed by atoms with van der Waals surface area (Å²) in [7, 11) is 0. The van der Waals surface area contributed by atoms with Gasteiger partial charge in [0.05, 0.1) is 6.04 Å². The van der Waals surface area contributed by atoms with Crippen LogP contribution in [0.4, 0.5) is 0 Å². The standard InChI is InChI=1S/C19H24N4O2/c1-14-20-18(21-25-14)17-5-4-12-23(17)13-15-6-8-16(9-7-15)19(24)22-10-2-3-11-22/h6-9,17H,2-5,10-13H2,1H3/t17-/m0/s1. The largest absolute Gasteiger partial charge is 0.340 e. The number of rotatable bonds is 4. The first-order valence-corrected chi connectivity index (χ1v) is 9.13. The van der Waals surface area contributed by atoms with Crippen molar-refractivity contribution < 1.29 is 9.32 Å². The van der Waals surface area contributed by atoms with E-state index < -0.39 is 0 Å². The smallest absolute Gasteiger partial charge is 0.253 e. The summed E-state index contributed by atoms with van der Waals surface area (Å²) in [4.78, 5) is 21.2. The van der Waals surface area contributed by atoms with Crippen molar-refractivity contribution in [2.24, 2.45) is 0 Å². The number of benzene rings is 1. The highest BCUT2D eigenvalue weighted by Crippen LogP contribution is 2.31. The van der Waals surface area contributed by atoms with Crippen LogP contribution in [-0.4, -0.2) is 45.5 Å². The number of carbonyl (C=O) groups excluding carboxylic acids is 1. The molecule has 132 valence electrons. The van der Waals surface area contributed by atoms with E-state index in [1.807, 2.05) is 24.0 Å². The van der Waals surface area contributed by atoms with Crippen molar-refractivity contribution in [1.29, 1.82) is 0 Å². The fraction of sp³-hybridized carbons (Fsp3) is 0.526. The molecule has 3 heterocycles. The maximum absolute atomic E-state index is 12.4. The summed E-state index contributed by atoms with van der Waals surface area (Å²) < 4.78 is 5.14. The van der Waals surface area contributed by atoms with Crippen molar-refractivity contribution in [3.05, 3.63) is 47.1 Å². The maximum atomic E-state index is 12.4. The first-order chi connectivity index (χ1) is 12.2. The molecule has 2 aliphatic heterocycles. The normalized spacial score (nSPS) is 21.2. The molecule has 1 aromatic carbocycles. The molecule has 1 aromatic heterocycles. The van der Waals surface area contributed by atoms with Gasteiger partial charge in [-0.25, -0.2) is 0 Å². The van der Waals surface area contributed by atoms with Gasteiger partial charge in [0.2, 0.25) is 5.89 Å². The number of likely N-dealkylation sites (tertiary alicyclic amines) is 2. The highest BCUT2D eigenvalue weighted by Gasteiger charge is 2.29. The van der Waals surface area contributed by atoms with E-state index in [0.29, 0.717) is 5.89 Å². The van der Waals surface area contributed by atoms with E-state index in [2.05, 4.69) is 27.2 Å². The summed E-state index contributed by atoms with van der Waals surface area (Å²) >= 11 is 0. The quantitative estimate of drug-likeness (QED) is 0.856. The monoisotopic (exact) mass is 340 g/mol. The van der Waals surface area contributed by atoms with E-state index >= 15 is 0 Å². The van der Waals surface area contributed by atoms with E-state index in [-0.39, 0.29) is 11.9 Å².